The van der Waals surface area contributed by atoms with E-state index in [9.17, 15) is 0 Å². The zero-order valence-corrected chi connectivity index (χ0v) is 18.3. The van der Waals surface area contributed by atoms with Gasteiger partial charge in [-0.2, -0.15) is 5.10 Å². The molecule has 2 aliphatic rings. The van der Waals surface area contributed by atoms with Crippen molar-refractivity contribution in [3.8, 4) is 0 Å². The maximum absolute atomic E-state index is 6.15. The second-order valence-electron chi connectivity index (χ2n) is 8.08. The van der Waals surface area contributed by atoms with Gasteiger partial charge in [0.2, 0.25) is 5.95 Å². The molecule has 1 aromatic carbocycles. The largest absolute Gasteiger partial charge is 0.351 e. The first-order valence-corrected chi connectivity index (χ1v) is 10.8. The van der Waals surface area contributed by atoms with Crippen molar-refractivity contribution in [2.24, 2.45) is 18.0 Å². The van der Waals surface area contributed by atoms with Crippen molar-refractivity contribution >= 4 is 29.1 Å². The van der Waals surface area contributed by atoms with E-state index in [2.05, 4.69) is 38.5 Å². The van der Waals surface area contributed by atoms with Crippen molar-refractivity contribution in [1.82, 2.24) is 24.6 Å². The number of nitrogens with one attached hydrogen (secondary N) is 1. The average Bonchev–Trinajstić information content (AvgIpc) is 3.35. The van der Waals surface area contributed by atoms with E-state index in [0.717, 1.165) is 59.6 Å². The molecular formula is C23H24ClN7. The van der Waals surface area contributed by atoms with Crippen LogP contribution >= 0.6 is 11.6 Å². The molecule has 0 amide bonds. The second-order valence-corrected chi connectivity index (χ2v) is 8.51. The van der Waals surface area contributed by atoms with Crippen LogP contribution in [-0.4, -0.2) is 43.4 Å². The zero-order chi connectivity index (χ0) is 21.4. The molecule has 4 heterocycles. The molecule has 3 aromatic rings. The van der Waals surface area contributed by atoms with Crippen molar-refractivity contribution in [3.63, 3.8) is 0 Å². The first-order valence-electron chi connectivity index (χ1n) is 10.4. The van der Waals surface area contributed by atoms with Crippen LogP contribution in [0.5, 0.6) is 0 Å². The van der Waals surface area contributed by atoms with Gasteiger partial charge in [-0.25, -0.2) is 15.0 Å². The summed E-state index contributed by atoms with van der Waals surface area (Å²) in [6.07, 6.45) is 7.96. The third kappa shape index (κ3) is 4.18. The van der Waals surface area contributed by atoms with E-state index >= 15 is 0 Å². The Morgan fingerprint density at radius 1 is 1.26 bits per heavy atom. The minimum atomic E-state index is 0.460. The van der Waals surface area contributed by atoms with E-state index < -0.39 is 0 Å². The number of aliphatic imine (C=N–C) groups is 1. The zero-order valence-electron chi connectivity index (χ0n) is 17.6. The molecule has 158 valence electrons. The summed E-state index contributed by atoms with van der Waals surface area (Å²) in [7, 11) is 1.88. The summed E-state index contributed by atoms with van der Waals surface area (Å²) in [6, 6.07) is 10.0. The van der Waals surface area contributed by atoms with Gasteiger partial charge in [-0.1, -0.05) is 23.7 Å². The fourth-order valence-electron chi connectivity index (χ4n) is 4.12. The smallest absolute Gasteiger partial charge is 0.228 e. The number of rotatable bonds is 5. The predicted octanol–water partition coefficient (Wildman–Crippen LogP) is 4.12. The molecule has 7 nitrogen and oxygen atoms in total. The first kappa shape index (κ1) is 19.8. The fraction of sp³-hybridized carbons (Fsp3) is 0.304. The summed E-state index contributed by atoms with van der Waals surface area (Å²) in [6.45, 7) is 3.80. The Hall–Kier alpha value is -3.19. The Balaban J connectivity index is 1.37. The predicted molar refractivity (Wildman–Crippen MR) is 123 cm³/mol. The van der Waals surface area contributed by atoms with Gasteiger partial charge in [0.1, 0.15) is 11.6 Å². The van der Waals surface area contributed by atoms with Crippen LogP contribution in [0.15, 0.2) is 59.6 Å². The van der Waals surface area contributed by atoms with E-state index in [4.69, 9.17) is 21.6 Å². The molecule has 0 fully saturated rings. The summed E-state index contributed by atoms with van der Waals surface area (Å²) in [5, 5.41) is 8.19. The van der Waals surface area contributed by atoms with Crippen LogP contribution in [-0.2, 0) is 13.5 Å². The van der Waals surface area contributed by atoms with Crippen LogP contribution in [0.1, 0.15) is 23.2 Å². The van der Waals surface area contributed by atoms with E-state index in [1.54, 1.807) is 10.9 Å². The van der Waals surface area contributed by atoms with Crippen molar-refractivity contribution in [2.45, 2.75) is 19.8 Å². The van der Waals surface area contributed by atoms with Gasteiger partial charge in [-0.3, -0.25) is 4.68 Å². The standard InChI is InChI=1S/C23H24ClN7/c1-15-13-25-23(28-20-6-8-26-30(20)2)29-22(15)19-14-31-9-7-17(12-21(31)27-19)10-16-4-3-5-18(24)11-16/h3-6,8,11-13,17H,7,9-10,14H2,1-2H3,(H,25,28,29). The third-order valence-electron chi connectivity index (χ3n) is 5.76. The monoisotopic (exact) mass is 433 g/mol. The number of fused-ring (bicyclic) bond motifs is 1. The molecule has 0 spiro atoms. The lowest BCUT2D eigenvalue weighted by Gasteiger charge is -2.27. The quantitative estimate of drug-likeness (QED) is 0.655. The molecule has 8 heteroatoms. The van der Waals surface area contributed by atoms with Gasteiger partial charge in [-0.15, -0.1) is 0 Å². The Labute approximate surface area is 186 Å². The van der Waals surface area contributed by atoms with Crippen molar-refractivity contribution in [2.75, 3.05) is 18.4 Å². The highest BCUT2D eigenvalue weighted by molar-refractivity contribution is 6.30. The number of hydrogen-bond acceptors (Lipinski definition) is 6. The molecule has 0 saturated carbocycles. The van der Waals surface area contributed by atoms with Crippen molar-refractivity contribution in [1.29, 1.82) is 0 Å². The molecule has 1 atom stereocenters. The topological polar surface area (TPSA) is 71.2 Å². The van der Waals surface area contributed by atoms with Gasteiger partial charge in [0.15, 0.2) is 0 Å². The second kappa shape index (κ2) is 8.15. The number of aryl methyl sites for hydroxylation is 2. The Kier molecular flexibility index (Phi) is 5.19. The molecule has 1 unspecified atom stereocenters. The molecule has 2 aromatic heterocycles. The molecular weight excluding hydrogens is 410 g/mol. The minimum Gasteiger partial charge on any atom is -0.351 e. The van der Waals surface area contributed by atoms with Gasteiger partial charge in [0.25, 0.3) is 0 Å². The maximum Gasteiger partial charge on any atom is 0.228 e. The minimum absolute atomic E-state index is 0.460. The highest BCUT2D eigenvalue weighted by atomic mass is 35.5. The Morgan fingerprint density at radius 3 is 2.97 bits per heavy atom. The molecule has 0 radical (unpaired) electrons. The van der Waals surface area contributed by atoms with Gasteiger partial charge in [0.05, 0.1) is 24.1 Å². The van der Waals surface area contributed by atoms with Gasteiger partial charge in [0, 0.05) is 30.9 Å². The molecule has 0 saturated heterocycles. The molecule has 5 rings (SSSR count). The van der Waals surface area contributed by atoms with Gasteiger partial charge >= 0.3 is 0 Å². The highest BCUT2D eigenvalue weighted by Crippen LogP contribution is 2.29. The lowest BCUT2D eigenvalue weighted by molar-refractivity contribution is 0.337. The lowest BCUT2D eigenvalue weighted by atomic mass is 9.93. The fourth-order valence-corrected chi connectivity index (χ4v) is 4.33. The number of benzene rings is 1. The molecule has 2 aliphatic heterocycles. The SMILES string of the molecule is Cc1cnc(Nc2ccnn2C)nc1C1=NC2=CC(Cc3cccc(Cl)c3)CCN2C1. The molecule has 1 N–H and O–H groups in total. The maximum atomic E-state index is 6.15. The first-order chi connectivity index (χ1) is 15.0. The number of aromatic nitrogens is 4. The Bertz CT molecular complexity index is 1180. The number of anilines is 2. The normalized spacial score (nSPS) is 17.9. The van der Waals surface area contributed by atoms with Crippen LogP contribution < -0.4 is 5.32 Å². The number of hydrogen-bond donors (Lipinski definition) is 1. The number of halogens is 1. The van der Waals surface area contributed by atoms with Gasteiger partial charge in [-0.05, 0) is 55.0 Å². The van der Waals surface area contributed by atoms with Crippen LogP contribution in [0, 0.1) is 12.8 Å². The molecule has 31 heavy (non-hydrogen) atoms. The van der Waals surface area contributed by atoms with Crippen LogP contribution in [0.25, 0.3) is 0 Å². The summed E-state index contributed by atoms with van der Waals surface area (Å²) in [5.41, 5.74) is 4.16. The highest BCUT2D eigenvalue weighted by Gasteiger charge is 2.28. The average molecular weight is 434 g/mol. The summed E-state index contributed by atoms with van der Waals surface area (Å²) in [5.74, 6) is 2.89. The van der Waals surface area contributed by atoms with Crippen molar-refractivity contribution in [3.05, 3.63) is 76.5 Å². The summed E-state index contributed by atoms with van der Waals surface area (Å²) in [4.78, 5) is 16.5. The third-order valence-corrected chi connectivity index (χ3v) is 6.00. The van der Waals surface area contributed by atoms with E-state index in [1.165, 1.54) is 5.56 Å². The van der Waals surface area contributed by atoms with Crippen LogP contribution in [0.3, 0.4) is 0 Å². The molecule has 0 aliphatic carbocycles. The molecule has 0 bridgehead atoms. The van der Waals surface area contributed by atoms with E-state index in [0.29, 0.717) is 11.9 Å². The van der Waals surface area contributed by atoms with Gasteiger partial charge < -0.3 is 10.2 Å². The van der Waals surface area contributed by atoms with E-state index in [1.807, 2.05) is 38.4 Å². The van der Waals surface area contributed by atoms with Crippen LogP contribution in [0.4, 0.5) is 11.8 Å². The summed E-state index contributed by atoms with van der Waals surface area (Å²) >= 11 is 6.15. The number of allylic oxidation sites excluding steroid dienone is 1. The summed E-state index contributed by atoms with van der Waals surface area (Å²) < 4.78 is 1.75. The van der Waals surface area contributed by atoms with E-state index in [-0.39, 0.29) is 0 Å². The lowest BCUT2D eigenvalue weighted by Crippen LogP contribution is -2.29. The Morgan fingerprint density at radius 2 is 2.16 bits per heavy atom. The number of nitrogens with zero attached hydrogens (tertiary/aromatic N) is 6. The van der Waals surface area contributed by atoms with Crippen LogP contribution in [0.2, 0.25) is 5.02 Å². The van der Waals surface area contributed by atoms with Crippen molar-refractivity contribution < 1.29 is 0 Å².